The van der Waals surface area contributed by atoms with Gasteiger partial charge < -0.3 is 4.74 Å². The third kappa shape index (κ3) is 4.29. The lowest BCUT2D eigenvalue weighted by Crippen LogP contribution is -2.26. The number of ketones is 1. The second-order valence-corrected chi connectivity index (χ2v) is 8.90. The Hall–Kier alpha value is -2.80. The number of carbonyl (C=O) groups is 2. The van der Waals surface area contributed by atoms with Crippen LogP contribution < -0.4 is 0 Å². The van der Waals surface area contributed by atoms with Crippen LogP contribution in [0.3, 0.4) is 0 Å². The molecule has 0 saturated heterocycles. The van der Waals surface area contributed by atoms with E-state index >= 15 is 0 Å². The van der Waals surface area contributed by atoms with Crippen LogP contribution in [0.2, 0.25) is 0 Å². The maximum atomic E-state index is 13.2. The van der Waals surface area contributed by atoms with Gasteiger partial charge in [0.05, 0.1) is 22.5 Å². The van der Waals surface area contributed by atoms with Gasteiger partial charge in [-0.25, -0.2) is 9.78 Å². The largest absolute Gasteiger partial charge is 0.443 e. The number of aromatic nitrogens is 2. The third-order valence-electron chi connectivity index (χ3n) is 4.30. The van der Waals surface area contributed by atoms with Crippen LogP contribution in [0.1, 0.15) is 55.7 Å². The minimum Gasteiger partial charge on any atom is -0.443 e. The molecule has 0 bridgehead atoms. The molecule has 3 rings (SSSR count). The molecule has 152 valence electrons. The molecular weight excluding hydrogens is 386 g/mol. The number of aliphatic imine (C=N–C) groups is 1. The number of nitrogens with zero attached hydrogens (tertiary/aromatic N) is 3. The predicted octanol–water partition coefficient (Wildman–Crippen LogP) is 5.19. The molecular formula is C22H25N3O3S. The molecule has 0 spiro atoms. The highest BCUT2D eigenvalue weighted by Gasteiger charge is 2.25. The van der Waals surface area contributed by atoms with Gasteiger partial charge in [-0.2, -0.15) is 0 Å². The van der Waals surface area contributed by atoms with Crippen LogP contribution in [-0.2, 0) is 4.74 Å². The van der Waals surface area contributed by atoms with Crippen molar-refractivity contribution in [3.05, 3.63) is 52.1 Å². The first-order chi connectivity index (χ1) is 13.6. The Morgan fingerprint density at radius 2 is 1.90 bits per heavy atom. The SMILES string of the molecule is C/N=C(\c1csc(C(=O)c2cn(C(=O)OC(C)(C)C)c3ccccc23)n1)C(C)C. The predicted molar refractivity (Wildman–Crippen MR) is 116 cm³/mol. The molecule has 29 heavy (non-hydrogen) atoms. The van der Waals surface area contributed by atoms with Gasteiger partial charge in [-0.3, -0.25) is 14.4 Å². The Kier molecular flexibility index (Phi) is 5.71. The molecule has 0 fully saturated rings. The Morgan fingerprint density at radius 3 is 2.52 bits per heavy atom. The highest BCUT2D eigenvalue weighted by molar-refractivity contribution is 7.12. The van der Waals surface area contributed by atoms with Crippen LogP contribution in [0.5, 0.6) is 0 Å². The summed E-state index contributed by atoms with van der Waals surface area (Å²) < 4.78 is 6.88. The van der Waals surface area contributed by atoms with Gasteiger partial charge in [0.1, 0.15) is 5.60 Å². The van der Waals surface area contributed by atoms with Crippen molar-refractivity contribution in [3.63, 3.8) is 0 Å². The van der Waals surface area contributed by atoms with Gasteiger partial charge in [-0.1, -0.05) is 32.0 Å². The number of hydrogen-bond donors (Lipinski definition) is 0. The first-order valence-electron chi connectivity index (χ1n) is 9.43. The Morgan fingerprint density at radius 1 is 1.21 bits per heavy atom. The second kappa shape index (κ2) is 7.91. The van der Waals surface area contributed by atoms with Crippen molar-refractivity contribution >= 4 is 39.8 Å². The standard InChI is InChI=1S/C22H25N3O3S/c1-13(2)18(23-6)16-12-29-20(24-16)19(26)15-11-25(21(27)28-22(3,4)5)17-10-8-7-9-14(15)17/h7-13H,1-6H3/b23-18-. The second-order valence-electron chi connectivity index (χ2n) is 8.04. The maximum Gasteiger partial charge on any atom is 0.419 e. The molecule has 3 aromatic rings. The van der Waals surface area contributed by atoms with E-state index in [1.807, 2.05) is 37.4 Å². The normalized spacial score (nSPS) is 12.6. The summed E-state index contributed by atoms with van der Waals surface area (Å²) in [6.07, 6.45) is 1.02. The first kappa shape index (κ1) is 20.9. The van der Waals surface area contributed by atoms with Gasteiger partial charge >= 0.3 is 6.09 Å². The fourth-order valence-electron chi connectivity index (χ4n) is 3.10. The minimum absolute atomic E-state index is 0.208. The zero-order chi connectivity index (χ0) is 21.3. The Labute approximate surface area is 174 Å². The van der Waals surface area contributed by atoms with E-state index < -0.39 is 11.7 Å². The molecule has 6 nitrogen and oxygen atoms in total. The van der Waals surface area contributed by atoms with Crippen LogP contribution in [0.4, 0.5) is 4.79 Å². The average Bonchev–Trinajstić information content (AvgIpc) is 3.25. The third-order valence-corrected chi connectivity index (χ3v) is 5.14. The number of ether oxygens (including phenoxy) is 1. The number of thiazole rings is 1. The van der Waals surface area contributed by atoms with Crippen LogP contribution in [-0.4, -0.2) is 39.8 Å². The van der Waals surface area contributed by atoms with Gasteiger partial charge in [-0.05, 0) is 32.8 Å². The van der Waals surface area contributed by atoms with Crippen LogP contribution in [0, 0.1) is 5.92 Å². The lowest BCUT2D eigenvalue weighted by atomic mass is 10.1. The van der Waals surface area contributed by atoms with Crippen molar-refractivity contribution < 1.29 is 14.3 Å². The molecule has 2 heterocycles. The van der Waals surface area contributed by atoms with E-state index in [2.05, 4.69) is 9.98 Å². The molecule has 0 amide bonds. The lowest BCUT2D eigenvalue weighted by molar-refractivity contribution is 0.0544. The van der Waals surface area contributed by atoms with Gasteiger partial charge in [-0.15, -0.1) is 11.3 Å². The van der Waals surface area contributed by atoms with E-state index in [9.17, 15) is 9.59 Å². The molecule has 2 aromatic heterocycles. The van der Waals surface area contributed by atoms with Gasteiger partial charge in [0.15, 0.2) is 5.01 Å². The van der Waals surface area contributed by atoms with E-state index in [-0.39, 0.29) is 11.7 Å². The molecule has 0 aliphatic heterocycles. The van der Waals surface area contributed by atoms with Crippen molar-refractivity contribution in [2.45, 2.75) is 40.2 Å². The number of carbonyl (C=O) groups excluding carboxylic acids is 2. The van der Waals surface area contributed by atoms with Crippen molar-refractivity contribution in [1.29, 1.82) is 0 Å². The van der Waals surface area contributed by atoms with E-state index in [4.69, 9.17) is 4.74 Å². The number of benzene rings is 1. The Bertz CT molecular complexity index is 1100. The summed E-state index contributed by atoms with van der Waals surface area (Å²) in [4.78, 5) is 34.7. The van der Waals surface area contributed by atoms with Crippen molar-refractivity contribution in [1.82, 2.24) is 9.55 Å². The summed E-state index contributed by atoms with van der Waals surface area (Å²) in [6.45, 7) is 9.50. The van der Waals surface area contributed by atoms with E-state index in [0.717, 1.165) is 5.71 Å². The van der Waals surface area contributed by atoms with Crippen LogP contribution in [0.15, 0.2) is 40.8 Å². The fourth-order valence-corrected chi connectivity index (χ4v) is 3.87. The zero-order valence-electron chi connectivity index (χ0n) is 17.5. The van der Waals surface area contributed by atoms with Crippen LogP contribution >= 0.6 is 11.3 Å². The van der Waals surface area contributed by atoms with Gasteiger partial charge in [0.25, 0.3) is 0 Å². The lowest BCUT2D eigenvalue weighted by Gasteiger charge is -2.19. The van der Waals surface area contributed by atoms with E-state index in [1.54, 1.807) is 40.1 Å². The molecule has 1 aromatic carbocycles. The van der Waals surface area contributed by atoms with E-state index in [1.165, 1.54) is 15.9 Å². The van der Waals surface area contributed by atoms with Crippen LogP contribution in [0.25, 0.3) is 10.9 Å². The highest BCUT2D eigenvalue weighted by atomic mass is 32.1. The van der Waals surface area contributed by atoms with Crippen molar-refractivity contribution in [3.8, 4) is 0 Å². The van der Waals surface area contributed by atoms with Crippen molar-refractivity contribution in [2.24, 2.45) is 10.9 Å². The summed E-state index contributed by atoms with van der Waals surface area (Å²) in [5.41, 5.74) is 1.99. The number of hydrogen-bond acceptors (Lipinski definition) is 6. The molecule has 0 saturated carbocycles. The first-order valence-corrected chi connectivity index (χ1v) is 10.3. The molecule has 0 N–H and O–H groups in total. The monoisotopic (exact) mass is 411 g/mol. The fraction of sp³-hybridized carbons (Fsp3) is 0.364. The van der Waals surface area contributed by atoms with E-state index in [0.29, 0.717) is 27.2 Å². The zero-order valence-corrected chi connectivity index (χ0v) is 18.3. The summed E-state index contributed by atoms with van der Waals surface area (Å²) in [7, 11) is 1.73. The topological polar surface area (TPSA) is 73.5 Å². The summed E-state index contributed by atoms with van der Waals surface area (Å²) in [6, 6.07) is 7.28. The molecule has 0 atom stereocenters. The number of para-hydroxylation sites is 1. The molecule has 0 aliphatic carbocycles. The Balaban J connectivity index is 2.04. The average molecular weight is 412 g/mol. The minimum atomic E-state index is -0.635. The number of rotatable bonds is 4. The maximum absolute atomic E-state index is 13.2. The van der Waals surface area contributed by atoms with Gasteiger partial charge in [0, 0.05) is 24.0 Å². The van der Waals surface area contributed by atoms with Gasteiger partial charge in [0.2, 0.25) is 5.78 Å². The smallest absolute Gasteiger partial charge is 0.419 e. The van der Waals surface area contributed by atoms with Crippen molar-refractivity contribution in [2.75, 3.05) is 7.05 Å². The summed E-state index contributed by atoms with van der Waals surface area (Å²) >= 11 is 1.28. The highest BCUT2D eigenvalue weighted by Crippen LogP contribution is 2.26. The summed E-state index contributed by atoms with van der Waals surface area (Å²) in [5.74, 6) is -0.0156. The quantitative estimate of drug-likeness (QED) is 0.438. The molecule has 0 radical (unpaired) electrons. The summed E-state index contributed by atoms with van der Waals surface area (Å²) in [5, 5.41) is 2.91. The molecule has 0 aliphatic rings. The molecule has 7 heteroatoms. The number of fused-ring (bicyclic) bond motifs is 1. The molecule has 0 unspecified atom stereocenters.